The minimum Gasteiger partial charge on any atom is -0.296 e. The van der Waals surface area contributed by atoms with Crippen molar-refractivity contribution in [3.8, 4) is 0 Å². The van der Waals surface area contributed by atoms with Crippen LogP contribution in [0.15, 0.2) is 11.6 Å². The van der Waals surface area contributed by atoms with E-state index in [0.717, 1.165) is 17.8 Å². The van der Waals surface area contributed by atoms with E-state index in [2.05, 4.69) is 10.3 Å². The average Bonchev–Trinajstić information content (AvgIpc) is 3.01. The molecule has 0 aromatic carbocycles. The molecule has 1 aliphatic heterocycles. The van der Waals surface area contributed by atoms with Gasteiger partial charge in [-0.2, -0.15) is 0 Å². The summed E-state index contributed by atoms with van der Waals surface area (Å²) in [7, 11) is 0. The van der Waals surface area contributed by atoms with Crippen molar-refractivity contribution in [2.75, 3.05) is 0 Å². The van der Waals surface area contributed by atoms with Crippen LogP contribution in [0, 0.1) is 11.8 Å². The topological polar surface area (TPSA) is 59.1 Å². The minimum atomic E-state index is -0.158. The second-order valence-corrected chi connectivity index (χ2v) is 6.09. The van der Waals surface area contributed by atoms with E-state index in [4.69, 9.17) is 0 Å². The van der Waals surface area contributed by atoms with Crippen LogP contribution >= 0.6 is 11.3 Å². The van der Waals surface area contributed by atoms with Crippen LogP contribution in [0.3, 0.4) is 0 Å². The molecule has 2 amide bonds. The SMILES string of the molecule is O=C1CC(c2nccs2)C(C2CCCC2)C(=O)N1. The van der Waals surface area contributed by atoms with Gasteiger partial charge in [-0.3, -0.25) is 14.9 Å². The number of nitrogens with one attached hydrogen (secondary N) is 1. The predicted molar refractivity (Wildman–Crippen MR) is 68.1 cm³/mol. The van der Waals surface area contributed by atoms with Gasteiger partial charge in [0.1, 0.15) is 0 Å². The van der Waals surface area contributed by atoms with E-state index in [-0.39, 0.29) is 23.7 Å². The van der Waals surface area contributed by atoms with Crippen molar-refractivity contribution in [3.05, 3.63) is 16.6 Å². The molecule has 5 heteroatoms. The van der Waals surface area contributed by atoms with E-state index in [9.17, 15) is 9.59 Å². The van der Waals surface area contributed by atoms with Gasteiger partial charge in [0, 0.05) is 23.9 Å². The highest BCUT2D eigenvalue weighted by molar-refractivity contribution is 7.09. The molecule has 18 heavy (non-hydrogen) atoms. The predicted octanol–water partition coefficient (Wildman–Crippen LogP) is 2.08. The third kappa shape index (κ3) is 2.07. The monoisotopic (exact) mass is 264 g/mol. The Morgan fingerprint density at radius 1 is 1.28 bits per heavy atom. The summed E-state index contributed by atoms with van der Waals surface area (Å²) in [6, 6.07) is 0. The van der Waals surface area contributed by atoms with Crippen LogP contribution in [-0.2, 0) is 9.59 Å². The van der Waals surface area contributed by atoms with Gasteiger partial charge in [0.2, 0.25) is 11.8 Å². The number of carbonyl (C=O) groups excluding carboxylic acids is 2. The van der Waals surface area contributed by atoms with Crippen molar-refractivity contribution >= 4 is 23.2 Å². The van der Waals surface area contributed by atoms with Gasteiger partial charge in [0.05, 0.1) is 10.9 Å². The third-order valence-corrected chi connectivity index (χ3v) is 4.99. The second-order valence-electron chi connectivity index (χ2n) is 5.16. The molecule has 0 radical (unpaired) electrons. The molecule has 2 unspecified atom stereocenters. The Labute approximate surface area is 110 Å². The average molecular weight is 264 g/mol. The fourth-order valence-electron chi connectivity index (χ4n) is 3.30. The molecular formula is C13H16N2O2S. The fourth-order valence-corrected chi connectivity index (χ4v) is 4.09. The van der Waals surface area contributed by atoms with E-state index in [1.54, 1.807) is 17.5 Å². The summed E-state index contributed by atoms with van der Waals surface area (Å²) in [4.78, 5) is 28.0. The lowest BCUT2D eigenvalue weighted by Crippen LogP contribution is -2.47. The van der Waals surface area contributed by atoms with E-state index >= 15 is 0 Å². The molecule has 1 saturated heterocycles. The second kappa shape index (κ2) is 4.80. The fraction of sp³-hybridized carbons (Fsp3) is 0.615. The summed E-state index contributed by atoms with van der Waals surface area (Å²) in [6.45, 7) is 0. The van der Waals surface area contributed by atoms with E-state index in [1.165, 1.54) is 12.8 Å². The first-order valence-electron chi connectivity index (χ1n) is 6.49. The summed E-state index contributed by atoms with van der Waals surface area (Å²) in [5, 5.41) is 5.35. The quantitative estimate of drug-likeness (QED) is 0.832. The highest BCUT2D eigenvalue weighted by atomic mass is 32.1. The van der Waals surface area contributed by atoms with Gasteiger partial charge >= 0.3 is 0 Å². The summed E-state index contributed by atoms with van der Waals surface area (Å²) in [5.41, 5.74) is 0. The summed E-state index contributed by atoms with van der Waals surface area (Å²) in [6.07, 6.45) is 6.77. The summed E-state index contributed by atoms with van der Waals surface area (Å²) < 4.78 is 0. The maximum Gasteiger partial charge on any atom is 0.230 e. The molecule has 2 aliphatic rings. The smallest absolute Gasteiger partial charge is 0.230 e. The molecule has 1 aromatic heterocycles. The zero-order chi connectivity index (χ0) is 12.5. The number of carbonyl (C=O) groups is 2. The number of aromatic nitrogens is 1. The Bertz CT molecular complexity index is 452. The molecule has 0 spiro atoms. The lowest BCUT2D eigenvalue weighted by molar-refractivity contribution is -0.138. The maximum atomic E-state index is 12.1. The van der Waals surface area contributed by atoms with Gasteiger partial charge in [0.25, 0.3) is 0 Å². The number of piperidine rings is 1. The van der Waals surface area contributed by atoms with Crippen molar-refractivity contribution in [3.63, 3.8) is 0 Å². The van der Waals surface area contributed by atoms with Crippen molar-refractivity contribution < 1.29 is 9.59 Å². The molecule has 2 atom stereocenters. The van der Waals surface area contributed by atoms with Gasteiger partial charge in [-0.05, 0) is 18.8 Å². The molecule has 96 valence electrons. The van der Waals surface area contributed by atoms with Crippen LogP contribution in [0.5, 0.6) is 0 Å². The van der Waals surface area contributed by atoms with E-state index in [1.807, 2.05) is 5.38 Å². The number of thiazole rings is 1. The summed E-state index contributed by atoms with van der Waals surface area (Å²) >= 11 is 1.55. The lowest BCUT2D eigenvalue weighted by atomic mass is 9.76. The van der Waals surface area contributed by atoms with Crippen molar-refractivity contribution in [2.45, 2.75) is 38.0 Å². The van der Waals surface area contributed by atoms with E-state index < -0.39 is 0 Å². The van der Waals surface area contributed by atoms with Crippen LogP contribution in [0.1, 0.15) is 43.0 Å². The zero-order valence-electron chi connectivity index (χ0n) is 10.1. The zero-order valence-corrected chi connectivity index (χ0v) is 10.9. The number of imide groups is 1. The Balaban J connectivity index is 1.90. The molecule has 1 aromatic rings. The van der Waals surface area contributed by atoms with Crippen LogP contribution in [0.4, 0.5) is 0 Å². The molecule has 3 rings (SSSR count). The van der Waals surface area contributed by atoms with Gasteiger partial charge < -0.3 is 0 Å². The van der Waals surface area contributed by atoms with Gasteiger partial charge in [-0.15, -0.1) is 11.3 Å². The van der Waals surface area contributed by atoms with Gasteiger partial charge in [-0.1, -0.05) is 12.8 Å². The standard InChI is InChI=1S/C13H16N2O2S/c16-10-7-9(13-14-5-6-18-13)11(12(17)15-10)8-3-1-2-4-8/h5-6,8-9,11H,1-4,7H2,(H,15,16,17). The van der Waals surface area contributed by atoms with Crippen molar-refractivity contribution in [2.24, 2.45) is 11.8 Å². The molecule has 4 nitrogen and oxygen atoms in total. The Hall–Kier alpha value is -1.23. The van der Waals surface area contributed by atoms with Crippen LogP contribution in [-0.4, -0.2) is 16.8 Å². The number of nitrogens with zero attached hydrogens (tertiary/aromatic N) is 1. The molecule has 2 heterocycles. The Kier molecular flexibility index (Phi) is 3.16. The third-order valence-electron chi connectivity index (χ3n) is 4.08. The largest absolute Gasteiger partial charge is 0.296 e. The number of hydrogen-bond donors (Lipinski definition) is 1. The lowest BCUT2D eigenvalue weighted by Gasteiger charge is -2.32. The van der Waals surface area contributed by atoms with Crippen molar-refractivity contribution in [1.82, 2.24) is 10.3 Å². The first-order chi connectivity index (χ1) is 8.75. The molecule has 2 fully saturated rings. The Morgan fingerprint density at radius 2 is 2.06 bits per heavy atom. The normalized spacial score (nSPS) is 29.6. The van der Waals surface area contributed by atoms with Crippen LogP contribution in [0.25, 0.3) is 0 Å². The number of hydrogen-bond acceptors (Lipinski definition) is 4. The highest BCUT2D eigenvalue weighted by Gasteiger charge is 2.43. The van der Waals surface area contributed by atoms with Crippen molar-refractivity contribution in [1.29, 1.82) is 0 Å². The molecule has 1 saturated carbocycles. The van der Waals surface area contributed by atoms with Gasteiger partial charge in [-0.25, -0.2) is 4.98 Å². The minimum absolute atomic E-state index is 0.00523. The first kappa shape index (κ1) is 11.8. The van der Waals surface area contributed by atoms with Crippen LogP contribution in [0.2, 0.25) is 0 Å². The molecule has 1 N–H and O–H groups in total. The van der Waals surface area contributed by atoms with Crippen LogP contribution < -0.4 is 5.32 Å². The molecule has 1 aliphatic carbocycles. The number of rotatable bonds is 2. The van der Waals surface area contributed by atoms with E-state index in [0.29, 0.717) is 12.3 Å². The summed E-state index contributed by atoms with van der Waals surface area (Å²) in [5.74, 6) is 0.116. The van der Waals surface area contributed by atoms with Gasteiger partial charge in [0.15, 0.2) is 0 Å². The maximum absolute atomic E-state index is 12.1. The molecule has 0 bridgehead atoms. The number of amides is 2. The molecular weight excluding hydrogens is 248 g/mol. The Morgan fingerprint density at radius 3 is 2.72 bits per heavy atom. The first-order valence-corrected chi connectivity index (χ1v) is 7.37. The highest BCUT2D eigenvalue weighted by Crippen LogP contribution is 2.43.